The number of morpholine rings is 1. The minimum atomic E-state index is -0.568. The van der Waals surface area contributed by atoms with Crippen molar-refractivity contribution in [2.24, 2.45) is 7.05 Å². The second-order valence-corrected chi connectivity index (χ2v) is 7.35. The standard InChI is InChI=1S/C22H25N5O3/c1-23-22(29)20-15-26(8-9-30-20)19-10-21(28)25(2)14-18(19)17-11-24-27(13-17)12-16-6-4-3-5-7-16/h3-7,10-11,13-14,20H,8-9,12,15H2,1-2H3,(H,23,29)/t20-/m0/s1. The topological polar surface area (TPSA) is 81.4 Å². The molecule has 8 heteroatoms. The molecule has 0 bridgehead atoms. The second kappa shape index (κ2) is 8.54. The number of likely N-dealkylation sites (N-methyl/N-ethyl adjacent to an activating group) is 1. The van der Waals surface area contributed by atoms with Crippen molar-refractivity contribution >= 4 is 11.6 Å². The lowest BCUT2D eigenvalue weighted by molar-refractivity contribution is -0.132. The molecule has 1 aromatic carbocycles. The van der Waals surface area contributed by atoms with Crippen LogP contribution in [-0.2, 0) is 23.1 Å². The number of ether oxygens (including phenoxy) is 1. The van der Waals surface area contributed by atoms with Gasteiger partial charge in [0.25, 0.3) is 11.5 Å². The summed E-state index contributed by atoms with van der Waals surface area (Å²) in [4.78, 5) is 26.5. The Morgan fingerprint density at radius 3 is 2.83 bits per heavy atom. The van der Waals surface area contributed by atoms with Crippen LogP contribution in [0, 0.1) is 0 Å². The first-order chi connectivity index (χ1) is 14.5. The molecule has 2 aromatic heterocycles. The van der Waals surface area contributed by atoms with Crippen LogP contribution in [0.15, 0.2) is 59.8 Å². The molecule has 1 fully saturated rings. The summed E-state index contributed by atoms with van der Waals surface area (Å²) in [5, 5.41) is 7.13. The van der Waals surface area contributed by atoms with E-state index in [0.29, 0.717) is 26.2 Å². The van der Waals surface area contributed by atoms with Crippen LogP contribution in [0.1, 0.15) is 5.56 Å². The number of hydrogen-bond acceptors (Lipinski definition) is 5. The molecule has 1 N–H and O–H groups in total. The largest absolute Gasteiger partial charge is 0.365 e. The molecule has 8 nitrogen and oxygen atoms in total. The van der Waals surface area contributed by atoms with E-state index in [2.05, 4.69) is 22.5 Å². The molecule has 0 spiro atoms. The first-order valence-corrected chi connectivity index (χ1v) is 9.90. The fourth-order valence-electron chi connectivity index (χ4n) is 3.65. The Hall–Kier alpha value is -3.39. The average Bonchev–Trinajstić information content (AvgIpc) is 3.23. The average molecular weight is 407 g/mol. The Balaban J connectivity index is 1.66. The summed E-state index contributed by atoms with van der Waals surface area (Å²) in [6, 6.07) is 11.7. The zero-order chi connectivity index (χ0) is 21.1. The maximum atomic E-state index is 12.4. The molecular weight excluding hydrogens is 382 g/mol. The van der Waals surface area contributed by atoms with E-state index in [1.807, 2.05) is 46.4 Å². The summed E-state index contributed by atoms with van der Waals surface area (Å²) in [5.41, 5.74) is 3.66. The summed E-state index contributed by atoms with van der Waals surface area (Å²) in [5.74, 6) is -0.166. The lowest BCUT2D eigenvalue weighted by atomic mass is 10.1. The summed E-state index contributed by atoms with van der Waals surface area (Å²) in [6.45, 7) is 2.07. The minimum absolute atomic E-state index is 0.103. The van der Waals surface area contributed by atoms with Crippen molar-refractivity contribution in [2.75, 3.05) is 31.6 Å². The number of rotatable bonds is 5. The van der Waals surface area contributed by atoms with E-state index in [1.165, 1.54) is 0 Å². The number of nitrogens with one attached hydrogen (secondary N) is 1. The van der Waals surface area contributed by atoms with Crippen LogP contribution in [0.4, 0.5) is 5.69 Å². The van der Waals surface area contributed by atoms with E-state index in [-0.39, 0.29) is 11.5 Å². The van der Waals surface area contributed by atoms with Crippen molar-refractivity contribution in [3.8, 4) is 11.1 Å². The summed E-state index contributed by atoms with van der Waals surface area (Å²) in [6.07, 6.45) is 5.04. The van der Waals surface area contributed by atoms with Crippen LogP contribution in [0.25, 0.3) is 11.1 Å². The molecule has 3 heterocycles. The van der Waals surface area contributed by atoms with Crippen LogP contribution < -0.4 is 15.8 Å². The SMILES string of the molecule is CNC(=O)[C@@H]1CN(c2cc(=O)n(C)cc2-c2cnn(Cc3ccccc3)c2)CCO1. The fourth-order valence-corrected chi connectivity index (χ4v) is 3.65. The van der Waals surface area contributed by atoms with E-state index in [1.54, 1.807) is 24.7 Å². The number of aryl methyl sites for hydroxylation is 1. The number of pyridine rings is 1. The van der Waals surface area contributed by atoms with Gasteiger partial charge in [-0.1, -0.05) is 30.3 Å². The number of carbonyl (C=O) groups is 1. The molecular formula is C22H25N5O3. The highest BCUT2D eigenvalue weighted by atomic mass is 16.5. The summed E-state index contributed by atoms with van der Waals surface area (Å²) >= 11 is 0. The quantitative estimate of drug-likeness (QED) is 0.689. The van der Waals surface area contributed by atoms with Gasteiger partial charge in [-0.15, -0.1) is 0 Å². The van der Waals surface area contributed by atoms with Gasteiger partial charge in [-0.3, -0.25) is 14.3 Å². The van der Waals surface area contributed by atoms with Gasteiger partial charge in [0.1, 0.15) is 0 Å². The molecule has 0 aliphatic carbocycles. The Kier molecular flexibility index (Phi) is 5.67. The van der Waals surface area contributed by atoms with Crippen LogP contribution in [0.3, 0.4) is 0 Å². The Morgan fingerprint density at radius 1 is 1.27 bits per heavy atom. The zero-order valence-electron chi connectivity index (χ0n) is 17.1. The molecule has 4 rings (SSSR count). The highest BCUT2D eigenvalue weighted by molar-refractivity contribution is 5.82. The highest BCUT2D eigenvalue weighted by Crippen LogP contribution is 2.30. The fraction of sp³-hybridized carbons (Fsp3) is 0.318. The Bertz CT molecular complexity index is 1090. The third-order valence-corrected chi connectivity index (χ3v) is 5.28. The van der Waals surface area contributed by atoms with Gasteiger partial charge in [-0.05, 0) is 5.56 Å². The molecule has 0 unspecified atom stereocenters. The van der Waals surface area contributed by atoms with Crippen LogP contribution in [0.2, 0.25) is 0 Å². The molecule has 1 saturated heterocycles. The number of nitrogens with zero attached hydrogens (tertiary/aromatic N) is 4. The molecule has 3 aromatic rings. The predicted octanol–water partition coefficient (Wildman–Crippen LogP) is 1.25. The Labute approximate surface area is 174 Å². The van der Waals surface area contributed by atoms with Crippen molar-refractivity contribution in [3.05, 3.63) is 70.9 Å². The normalized spacial score (nSPS) is 16.5. The smallest absolute Gasteiger partial charge is 0.252 e. The molecule has 1 aliphatic heterocycles. The number of hydrogen-bond donors (Lipinski definition) is 1. The number of amides is 1. The van der Waals surface area contributed by atoms with E-state index >= 15 is 0 Å². The van der Waals surface area contributed by atoms with Gasteiger partial charge in [0, 0.05) is 50.2 Å². The number of benzene rings is 1. The predicted molar refractivity (Wildman–Crippen MR) is 114 cm³/mol. The monoisotopic (exact) mass is 407 g/mol. The molecule has 0 radical (unpaired) electrons. The van der Waals surface area contributed by atoms with Gasteiger partial charge in [-0.25, -0.2) is 0 Å². The van der Waals surface area contributed by atoms with Crippen molar-refractivity contribution in [3.63, 3.8) is 0 Å². The maximum absolute atomic E-state index is 12.4. The number of carbonyl (C=O) groups excluding carboxylic acids is 1. The molecule has 156 valence electrons. The van der Waals surface area contributed by atoms with E-state index < -0.39 is 6.10 Å². The Morgan fingerprint density at radius 2 is 2.07 bits per heavy atom. The number of anilines is 1. The lowest BCUT2D eigenvalue weighted by Crippen LogP contribution is -2.49. The maximum Gasteiger partial charge on any atom is 0.252 e. The first kappa shape index (κ1) is 19.9. The van der Waals surface area contributed by atoms with E-state index in [9.17, 15) is 9.59 Å². The molecule has 1 amide bonds. The van der Waals surface area contributed by atoms with E-state index in [0.717, 1.165) is 22.4 Å². The van der Waals surface area contributed by atoms with Crippen LogP contribution >= 0.6 is 0 Å². The van der Waals surface area contributed by atoms with Gasteiger partial charge in [-0.2, -0.15) is 5.10 Å². The van der Waals surface area contributed by atoms with Crippen LogP contribution in [-0.4, -0.2) is 53.1 Å². The minimum Gasteiger partial charge on any atom is -0.365 e. The van der Waals surface area contributed by atoms with Crippen molar-refractivity contribution in [1.29, 1.82) is 0 Å². The van der Waals surface area contributed by atoms with Gasteiger partial charge in [0.15, 0.2) is 6.10 Å². The van der Waals surface area contributed by atoms with Gasteiger partial charge in [0.2, 0.25) is 0 Å². The zero-order valence-corrected chi connectivity index (χ0v) is 17.1. The lowest BCUT2D eigenvalue weighted by Gasteiger charge is -2.34. The summed E-state index contributed by atoms with van der Waals surface area (Å²) < 4.78 is 9.04. The van der Waals surface area contributed by atoms with Crippen LogP contribution in [0.5, 0.6) is 0 Å². The van der Waals surface area contributed by atoms with Crippen molar-refractivity contribution in [1.82, 2.24) is 19.7 Å². The van der Waals surface area contributed by atoms with Gasteiger partial charge in [0.05, 0.1) is 31.6 Å². The highest BCUT2D eigenvalue weighted by Gasteiger charge is 2.28. The van der Waals surface area contributed by atoms with Gasteiger partial charge < -0.3 is 19.5 Å². The van der Waals surface area contributed by atoms with Gasteiger partial charge >= 0.3 is 0 Å². The number of aromatic nitrogens is 3. The van der Waals surface area contributed by atoms with E-state index in [4.69, 9.17) is 4.74 Å². The second-order valence-electron chi connectivity index (χ2n) is 7.35. The molecule has 1 aliphatic rings. The first-order valence-electron chi connectivity index (χ1n) is 9.90. The molecule has 1 atom stereocenters. The molecule has 30 heavy (non-hydrogen) atoms. The molecule has 0 saturated carbocycles. The summed E-state index contributed by atoms with van der Waals surface area (Å²) in [7, 11) is 3.33. The third-order valence-electron chi connectivity index (χ3n) is 5.28. The van der Waals surface area contributed by atoms with Crippen molar-refractivity contribution in [2.45, 2.75) is 12.6 Å². The third kappa shape index (κ3) is 4.13. The van der Waals surface area contributed by atoms with Crippen molar-refractivity contribution < 1.29 is 9.53 Å².